The molecule has 0 saturated carbocycles. The number of esters is 1. The van der Waals surface area contributed by atoms with Crippen LogP contribution in [0.25, 0.3) is 0 Å². The molecule has 5 nitrogen and oxygen atoms in total. The highest BCUT2D eigenvalue weighted by Crippen LogP contribution is 2.21. The Balaban J connectivity index is 2.94. The minimum absolute atomic E-state index is 0.183. The molecule has 0 heterocycles. The number of hydrogen-bond acceptors (Lipinski definition) is 5. The van der Waals surface area contributed by atoms with Crippen LogP contribution >= 0.6 is 0 Å². The molecule has 106 valence electrons. The third kappa shape index (κ3) is 3.62. The first-order chi connectivity index (χ1) is 8.82. The van der Waals surface area contributed by atoms with Crippen LogP contribution in [0.15, 0.2) is 12.1 Å². The third-order valence-electron chi connectivity index (χ3n) is 2.49. The Hall–Kier alpha value is -1.73. The van der Waals surface area contributed by atoms with E-state index in [9.17, 15) is 18.7 Å². The smallest absolute Gasteiger partial charge is 0.340 e. The predicted octanol–water partition coefficient (Wildman–Crippen LogP) is 0.907. The van der Waals surface area contributed by atoms with Crippen molar-refractivity contribution < 1.29 is 28.5 Å². The Morgan fingerprint density at radius 3 is 2.58 bits per heavy atom. The van der Waals surface area contributed by atoms with Crippen LogP contribution in [0.4, 0.5) is 14.5 Å². The number of aliphatic hydroxyl groups is 2. The highest BCUT2D eigenvalue weighted by molar-refractivity contribution is 5.90. The van der Waals surface area contributed by atoms with E-state index in [1.807, 2.05) is 0 Å². The number of aliphatic hydroxyl groups excluding tert-OH is 1. The van der Waals surface area contributed by atoms with Crippen LogP contribution in [-0.2, 0) is 4.74 Å². The Labute approximate surface area is 108 Å². The Morgan fingerprint density at radius 1 is 1.42 bits per heavy atom. The summed E-state index contributed by atoms with van der Waals surface area (Å²) in [6, 6.07) is 2.22. The zero-order chi connectivity index (χ0) is 14.6. The molecule has 0 aliphatic carbocycles. The molecule has 1 atom stereocenters. The second kappa shape index (κ2) is 5.94. The van der Waals surface area contributed by atoms with Crippen molar-refractivity contribution in [2.24, 2.45) is 0 Å². The molecule has 19 heavy (non-hydrogen) atoms. The van der Waals surface area contributed by atoms with Gasteiger partial charge in [0.1, 0.15) is 5.60 Å². The van der Waals surface area contributed by atoms with E-state index < -0.39 is 35.4 Å². The molecule has 0 spiro atoms. The van der Waals surface area contributed by atoms with E-state index in [1.165, 1.54) is 6.92 Å². The first kappa shape index (κ1) is 15.3. The van der Waals surface area contributed by atoms with E-state index in [4.69, 9.17) is 5.11 Å². The van der Waals surface area contributed by atoms with Gasteiger partial charge in [-0.25, -0.2) is 13.6 Å². The summed E-state index contributed by atoms with van der Waals surface area (Å²) in [7, 11) is 1.06. The molecular formula is C12H15F2NO4. The molecule has 3 N–H and O–H groups in total. The van der Waals surface area contributed by atoms with E-state index in [-0.39, 0.29) is 12.2 Å². The number of nitrogens with one attached hydrogen (secondary N) is 1. The third-order valence-corrected chi connectivity index (χ3v) is 2.49. The Kier molecular flexibility index (Phi) is 4.79. The summed E-state index contributed by atoms with van der Waals surface area (Å²) >= 11 is 0. The van der Waals surface area contributed by atoms with Gasteiger partial charge in [0.25, 0.3) is 0 Å². The van der Waals surface area contributed by atoms with Gasteiger partial charge in [-0.3, -0.25) is 0 Å². The number of carbonyl (C=O) groups excluding carboxylic acids is 1. The fourth-order valence-corrected chi connectivity index (χ4v) is 1.30. The van der Waals surface area contributed by atoms with Crippen molar-refractivity contribution in [1.82, 2.24) is 0 Å². The zero-order valence-electron chi connectivity index (χ0n) is 10.5. The van der Waals surface area contributed by atoms with E-state index >= 15 is 0 Å². The first-order valence-corrected chi connectivity index (χ1v) is 5.46. The van der Waals surface area contributed by atoms with E-state index in [0.717, 1.165) is 19.2 Å². The maximum absolute atomic E-state index is 13.6. The van der Waals surface area contributed by atoms with E-state index in [1.54, 1.807) is 0 Å². The van der Waals surface area contributed by atoms with Crippen molar-refractivity contribution in [2.45, 2.75) is 12.5 Å². The molecule has 7 heteroatoms. The average Bonchev–Trinajstić information content (AvgIpc) is 2.39. The summed E-state index contributed by atoms with van der Waals surface area (Å²) in [5.74, 6) is -3.57. The maximum Gasteiger partial charge on any atom is 0.340 e. The number of halogens is 2. The molecule has 0 amide bonds. The van der Waals surface area contributed by atoms with Gasteiger partial charge in [-0.05, 0) is 19.1 Å². The maximum atomic E-state index is 13.6. The standard InChI is InChI=1S/C12H15F2NO4/c1-12(18,6-16)5-15-8-4-3-7(11(17)19-2)9(13)10(8)14/h3-4,15-16,18H,5-6H2,1-2H3. The van der Waals surface area contributed by atoms with Gasteiger partial charge in [0.05, 0.1) is 25.0 Å². The van der Waals surface area contributed by atoms with Crippen molar-refractivity contribution in [3.05, 3.63) is 29.3 Å². The predicted molar refractivity (Wildman–Crippen MR) is 63.9 cm³/mol. The van der Waals surface area contributed by atoms with Crippen molar-refractivity contribution in [2.75, 3.05) is 25.6 Å². The molecular weight excluding hydrogens is 260 g/mol. The highest BCUT2D eigenvalue weighted by Gasteiger charge is 2.22. The number of anilines is 1. The lowest BCUT2D eigenvalue weighted by molar-refractivity contribution is 0.0132. The quantitative estimate of drug-likeness (QED) is 0.696. The number of ether oxygens (including phenoxy) is 1. The van der Waals surface area contributed by atoms with Gasteiger partial charge < -0.3 is 20.3 Å². The van der Waals surface area contributed by atoms with Crippen LogP contribution in [0.3, 0.4) is 0 Å². The van der Waals surface area contributed by atoms with Crippen molar-refractivity contribution in [1.29, 1.82) is 0 Å². The average molecular weight is 275 g/mol. The molecule has 0 fully saturated rings. The number of rotatable bonds is 5. The van der Waals surface area contributed by atoms with Crippen molar-refractivity contribution in [3.8, 4) is 0 Å². The molecule has 0 saturated heterocycles. The number of methoxy groups -OCH3 is 1. The molecule has 1 aromatic carbocycles. The minimum Gasteiger partial charge on any atom is -0.465 e. The molecule has 0 radical (unpaired) electrons. The molecule has 1 aromatic rings. The molecule has 0 aromatic heterocycles. The largest absolute Gasteiger partial charge is 0.465 e. The summed E-state index contributed by atoms with van der Waals surface area (Å²) in [6.45, 7) is 0.610. The summed E-state index contributed by atoms with van der Waals surface area (Å²) in [5.41, 5.74) is -2.21. The van der Waals surface area contributed by atoms with Gasteiger partial charge in [0, 0.05) is 6.54 Å². The SMILES string of the molecule is COC(=O)c1ccc(NCC(C)(O)CO)c(F)c1F. The Bertz CT molecular complexity index is 477. The van der Waals surface area contributed by atoms with Gasteiger partial charge in [-0.15, -0.1) is 0 Å². The highest BCUT2D eigenvalue weighted by atomic mass is 19.2. The molecule has 1 unspecified atom stereocenters. The van der Waals surface area contributed by atoms with Crippen molar-refractivity contribution >= 4 is 11.7 Å². The Morgan fingerprint density at radius 2 is 2.05 bits per heavy atom. The monoisotopic (exact) mass is 275 g/mol. The van der Waals surface area contributed by atoms with E-state index in [2.05, 4.69) is 10.1 Å². The second-order valence-electron chi connectivity index (χ2n) is 4.29. The number of carbonyl (C=O) groups is 1. The van der Waals surface area contributed by atoms with Crippen LogP contribution in [-0.4, -0.2) is 42.0 Å². The van der Waals surface area contributed by atoms with Gasteiger partial charge >= 0.3 is 5.97 Å². The second-order valence-corrected chi connectivity index (χ2v) is 4.29. The topological polar surface area (TPSA) is 78.8 Å². The lowest BCUT2D eigenvalue weighted by Crippen LogP contribution is -2.37. The summed E-state index contributed by atoms with van der Waals surface area (Å²) in [6.07, 6.45) is 0. The summed E-state index contributed by atoms with van der Waals surface area (Å²) in [4.78, 5) is 11.1. The molecule has 0 aliphatic heterocycles. The van der Waals surface area contributed by atoms with Gasteiger partial charge in [0.15, 0.2) is 11.6 Å². The van der Waals surface area contributed by atoms with Gasteiger partial charge in [-0.2, -0.15) is 0 Å². The molecule has 0 aliphatic rings. The molecule has 1 rings (SSSR count). The van der Waals surface area contributed by atoms with Crippen LogP contribution in [0.2, 0.25) is 0 Å². The lowest BCUT2D eigenvalue weighted by Gasteiger charge is -2.21. The van der Waals surface area contributed by atoms with Crippen LogP contribution < -0.4 is 5.32 Å². The van der Waals surface area contributed by atoms with Gasteiger partial charge in [0.2, 0.25) is 0 Å². The van der Waals surface area contributed by atoms with Crippen molar-refractivity contribution in [3.63, 3.8) is 0 Å². The van der Waals surface area contributed by atoms with Crippen LogP contribution in [0.1, 0.15) is 17.3 Å². The summed E-state index contributed by atoms with van der Waals surface area (Å²) < 4.78 is 31.5. The van der Waals surface area contributed by atoms with E-state index in [0.29, 0.717) is 0 Å². The number of hydrogen-bond donors (Lipinski definition) is 3. The fraction of sp³-hybridized carbons (Fsp3) is 0.417. The lowest BCUT2D eigenvalue weighted by atomic mass is 10.1. The first-order valence-electron chi connectivity index (χ1n) is 5.46. The fourth-order valence-electron chi connectivity index (χ4n) is 1.30. The number of benzene rings is 1. The minimum atomic E-state index is -1.47. The van der Waals surface area contributed by atoms with Gasteiger partial charge in [-0.1, -0.05) is 0 Å². The molecule has 0 bridgehead atoms. The summed E-state index contributed by atoms with van der Waals surface area (Å²) in [5, 5.41) is 20.8. The van der Waals surface area contributed by atoms with Crippen LogP contribution in [0, 0.1) is 11.6 Å². The normalized spacial score (nSPS) is 13.8. The van der Waals surface area contributed by atoms with Crippen LogP contribution in [0.5, 0.6) is 0 Å². The zero-order valence-corrected chi connectivity index (χ0v) is 10.5.